The molecule has 4 aromatic heterocycles. The zero-order valence-electron chi connectivity index (χ0n) is 20.0. The Hall–Kier alpha value is -3.88. The molecule has 186 valence electrons. The summed E-state index contributed by atoms with van der Waals surface area (Å²) in [5.74, 6) is 0.0425. The first-order valence-corrected chi connectivity index (χ1v) is 13.2. The summed E-state index contributed by atoms with van der Waals surface area (Å²) in [6, 6.07) is 18.6. The molecule has 0 bridgehead atoms. The molecule has 0 saturated heterocycles. The number of benzene rings is 1. The smallest absolute Gasteiger partial charge is 0.255 e. The van der Waals surface area contributed by atoms with Crippen molar-refractivity contribution in [2.75, 3.05) is 0 Å². The average Bonchev–Trinajstić information content (AvgIpc) is 3.57. The molecule has 7 nitrogen and oxygen atoms in total. The lowest BCUT2D eigenvalue weighted by Gasteiger charge is -2.13. The number of thiophene rings is 1. The third kappa shape index (κ3) is 6.10. The van der Waals surface area contributed by atoms with Gasteiger partial charge in [-0.05, 0) is 78.9 Å². The van der Waals surface area contributed by atoms with Crippen molar-refractivity contribution in [3.05, 3.63) is 122 Å². The Morgan fingerprint density at radius 3 is 2.62 bits per heavy atom. The van der Waals surface area contributed by atoms with Crippen LogP contribution in [-0.4, -0.2) is 30.3 Å². The molecule has 5 aromatic rings. The molecule has 0 fully saturated rings. The van der Waals surface area contributed by atoms with Crippen molar-refractivity contribution in [2.24, 2.45) is 0 Å². The summed E-state index contributed by atoms with van der Waals surface area (Å²) in [7, 11) is 0. The van der Waals surface area contributed by atoms with Gasteiger partial charge >= 0.3 is 0 Å². The standard InChI is InChI=1S/C28H24ClN5O2S/c29-27-12-11-26(37-27)25(35)10-7-22-19-34(32-31-22)24-9-8-23(33-17-2-1-6-28(33)36)18-21(24)5-3-4-20-13-15-30-16-14-20/h1-2,6,8-9,11-19H,3-5,7,10H2. The number of halogens is 1. The van der Waals surface area contributed by atoms with Crippen molar-refractivity contribution < 1.29 is 4.79 Å². The van der Waals surface area contributed by atoms with Gasteiger partial charge in [-0.15, -0.1) is 16.4 Å². The molecular formula is C28H24ClN5O2S. The molecular weight excluding hydrogens is 506 g/mol. The first kappa shape index (κ1) is 24.8. The first-order chi connectivity index (χ1) is 18.1. The zero-order chi connectivity index (χ0) is 25.6. The van der Waals surface area contributed by atoms with Crippen LogP contribution in [0.2, 0.25) is 4.34 Å². The second kappa shape index (κ2) is 11.5. The number of nitrogens with zero attached hydrogens (tertiary/aromatic N) is 5. The number of rotatable bonds is 10. The molecule has 0 N–H and O–H groups in total. The van der Waals surface area contributed by atoms with Gasteiger partial charge in [-0.1, -0.05) is 22.9 Å². The molecule has 0 atom stereocenters. The fourth-order valence-corrected chi connectivity index (χ4v) is 5.19. The summed E-state index contributed by atoms with van der Waals surface area (Å²) < 4.78 is 3.99. The maximum atomic E-state index is 12.5. The molecule has 9 heteroatoms. The summed E-state index contributed by atoms with van der Waals surface area (Å²) in [5, 5.41) is 8.65. The summed E-state index contributed by atoms with van der Waals surface area (Å²) >= 11 is 7.24. The van der Waals surface area contributed by atoms with E-state index in [0.29, 0.717) is 22.1 Å². The van der Waals surface area contributed by atoms with Crippen molar-refractivity contribution in [1.29, 1.82) is 0 Å². The summed E-state index contributed by atoms with van der Waals surface area (Å²) in [6.45, 7) is 0. The number of carbonyl (C=O) groups excluding carboxylic acids is 1. The van der Waals surface area contributed by atoms with Crippen molar-refractivity contribution >= 4 is 28.7 Å². The van der Waals surface area contributed by atoms with E-state index in [1.165, 1.54) is 16.9 Å². The molecule has 0 spiro atoms. The largest absolute Gasteiger partial charge is 0.293 e. The van der Waals surface area contributed by atoms with E-state index in [2.05, 4.69) is 15.3 Å². The van der Waals surface area contributed by atoms with Gasteiger partial charge in [-0.3, -0.25) is 19.1 Å². The highest BCUT2D eigenvalue weighted by Gasteiger charge is 2.13. The minimum atomic E-state index is -0.0854. The second-order valence-corrected chi connectivity index (χ2v) is 10.3. The Kier molecular flexibility index (Phi) is 7.67. The molecule has 0 aliphatic rings. The summed E-state index contributed by atoms with van der Waals surface area (Å²) in [6.07, 6.45) is 10.7. The predicted molar refractivity (Wildman–Crippen MR) is 145 cm³/mol. The lowest BCUT2D eigenvalue weighted by atomic mass is 10.0. The molecule has 0 radical (unpaired) electrons. The quantitative estimate of drug-likeness (QED) is 0.222. The minimum Gasteiger partial charge on any atom is -0.293 e. The first-order valence-electron chi connectivity index (χ1n) is 12.0. The van der Waals surface area contributed by atoms with Gasteiger partial charge in [-0.25, -0.2) is 4.68 Å². The molecule has 1 aromatic carbocycles. The van der Waals surface area contributed by atoms with Gasteiger partial charge < -0.3 is 0 Å². The van der Waals surface area contributed by atoms with Gasteiger partial charge in [0.25, 0.3) is 5.56 Å². The number of ketones is 1. The zero-order valence-corrected chi connectivity index (χ0v) is 21.5. The van der Waals surface area contributed by atoms with E-state index in [4.69, 9.17) is 11.6 Å². The van der Waals surface area contributed by atoms with Crippen LogP contribution in [-0.2, 0) is 19.3 Å². The van der Waals surface area contributed by atoms with Gasteiger partial charge in [-0.2, -0.15) is 0 Å². The molecule has 0 unspecified atom stereocenters. The Bertz CT molecular complexity index is 1570. The highest BCUT2D eigenvalue weighted by Crippen LogP contribution is 2.24. The fraction of sp³-hybridized carbons (Fsp3) is 0.179. The normalized spacial score (nSPS) is 11.1. The summed E-state index contributed by atoms with van der Waals surface area (Å²) in [5.41, 5.74) is 4.64. The average molecular weight is 530 g/mol. The lowest BCUT2D eigenvalue weighted by molar-refractivity contribution is 0.0986. The van der Waals surface area contributed by atoms with Crippen LogP contribution in [0, 0.1) is 0 Å². The van der Waals surface area contributed by atoms with Gasteiger partial charge in [0.1, 0.15) is 0 Å². The minimum absolute atomic E-state index is 0.0425. The van der Waals surface area contributed by atoms with Crippen LogP contribution in [0.4, 0.5) is 0 Å². The van der Waals surface area contributed by atoms with Crippen molar-refractivity contribution in [1.82, 2.24) is 24.5 Å². The summed E-state index contributed by atoms with van der Waals surface area (Å²) in [4.78, 5) is 29.6. The fourth-order valence-electron chi connectivity index (χ4n) is 4.18. The van der Waals surface area contributed by atoms with Crippen molar-refractivity contribution in [2.45, 2.75) is 32.1 Å². The molecule has 4 heterocycles. The van der Waals surface area contributed by atoms with E-state index in [9.17, 15) is 9.59 Å². The number of pyridine rings is 2. The third-order valence-electron chi connectivity index (χ3n) is 6.07. The molecule has 0 amide bonds. The monoisotopic (exact) mass is 529 g/mol. The lowest BCUT2D eigenvalue weighted by Crippen LogP contribution is -2.16. The van der Waals surface area contributed by atoms with Gasteiger partial charge in [0, 0.05) is 43.2 Å². The Morgan fingerprint density at radius 1 is 0.973 bits per heavy atom. The second-order valence-electron chi connectivity index (χ2n) is 8.61. The van der Waals surface area contributed by atoms with Crippen LogP contribution in [0.15, 0.2) is 90.2 Å². The van der Waals surface area contributed by atoms with E-state index >= 15 is 0 Å². The van der Waals surface area contributed by atoms with E-state index in [0.717, 1.165) is 41.9 Å². The number of aryl methyl sites for hydroxylation is 3. The van der Waals surface area contributed by atoms with Crippen LogP contribution < -0.4 is 5.56 Å². The van der Waals surface area contributed by atoms with Gasteiger partial charge in [0.05, 0.1) is 26.8 Å². The Morgan fingerprint density at radius 2 is 1.84 bits per heavy atom. The predicted octanol–water partition coefficient (Wildman–Crippen LogP) is 5.52. The number of carbonyl (C=O) groups is 1. The van der Waals surface area contributed by atoms with Crippen LogP contribution in [0.1, 0.15) is 39.3 Å². The highest BCUT2D eigenvalue weighted by atomic mass is 35.5. The Balaban J connectivity index is 1.37. The maximum absolute atomic E-state index is 12.5. The van der Waals surface area contributed by atoms with E-state index in [-0.39, 0.29) is 11.3 Å². The van der Waals surface area contributed by atoms with Crippen LogP contribution >= 0.6 is 22.9 Å². The molecule has 37 heavy (non-hydrogen) atoms. The molecule has 0 aliphatic carbocycles. The van der Waals surface area contributed by atoms with E-state index < -0.39 is 0 Å². The van der Waals surface area contributed by atoms with Crippen LogP contribution in [0.25, 0.3) is 11.4 Å². The maximum Gasteiger partial charge on any atom is 0.255 e. The van der Waals surface area contributed by atoms with Crippen LogP contribution in [0.3, 0.4) is 0 Å². The number of hydrogen-bond acceptors (Lipinski definition) is 6. The number of hydrogen-bond donors (Lipinski definition) is 0. The number of aromatic nitrogens is 5. The van der Waals surface area contributed by atoms with Crippen LogP contribution in [0.5, 0.6) is 0 Å². The van der Waals surface area contributed by atoms with Crippen molar-refractivity contribution in [3.63, 3.8) is 0 Å². The van der Waals surface area contributed by atoms with E-state index in [1.54, 1.807) is 52.1 Å². The van der Waals surface area contributed by atoms with E-state index in [1.807, 2.05) is 42.6 Å². The number of Topliss-reactive ketones (excluding diaryl/α,β-unsaturated/α-hetero) is 1. The molecule has 0 aliphatic heterocycles. The molecule has 5 rings (SSSR count). The Labute approximate surface area is 223 Å². The van der Waals surface area contributed by atoms with Gasteiger partial charge in [0.15, 0.2) is 5.78 Å². The van der Waals surface area contributed by atoms with Crippen molar-refractivity contribution in [3.8, 4) is 11.4 Å². The highest BCUT2D eigenvalue weighted by molar-refractivity contribution is 7.18. The SMILES string of the molecule is O=C(CCc1cn(-c2ccc(-n3ccccc3=O)cc2CCCc2ccncc2)nn1)c1ccc(Cl)s1. The third-order valence-corrected chi connectivity index (χ3v) is 7.34. The van der Waals surface area contributed by atoms with Gasteiger partial charge in [0.2, 0.25) is 0 Å². The molecule has 0 saturated carbocycles. The topological polar surface area (TPSA) is 82.7 Å².